The first-order valence-electron chi connectivity index (χ1n) is 11.9. The van der Waals surface area contributed by atoms with Crippen molar-refractivity contribution in [2.45, 2.75) is 46.6 Å². The van der Waals surface area contributed by atoms with Crippen LogP contribution in [0.15, 0.2) is 48.5 Å². The fourth-order valence-electron chi connectivity index (χ4n) is 4.64. The van der Waals surface area contributed by atoms with E-state index in [0.717, 1.165) is 33.8 Å². The van der Waals surface area contributed by atoms with Crippen LogP contribution in [0.1, 0.15) is 51.7 Å². The number of aromatic nitrogens is 4. The van der Waals surface area contributed by atoms with Crippen molar-refractivity contribution in [2.75, 3.05) is 12.4 Å². The minimum atomic E-state index is -0.187. The van der Waals surface area contributed by atoms with Crippen molar-refractivity contribution in [3.63, 3.8) is 0 Å². The van der Waals surface area contributed by atoms with Gasteiger partial charge in [-0.3, -0.25) is 4.79 Å². The second kappa shape index (κ2) is 9.45. The number of carbonyl (C=O) groups excluding carboxylic acids is 1. The predicted molar refractivity (Wildman–Crippen MR) is 137 cm³/mol. The molecule has 36 heavy (non-hydrogen) atoms. The summed E-state index contributed by atoms with van der Waals surface area (Å²) < 4.78 is 13.4. The van der Waals surface area contributed by atoms with Crippen LogP contribution in [0.5, 0.6) is 11.5 Å². The fourth-order valence-corrected chi connectivity index (χ4v) is 4.64. The molecule has 0 saturated carbocycles. The quantitative estimate of drug-likeness (QED) is 0.417. The van der Waals surface area contributed by atoms with Gasteiger partial charge in [0.15, 0.2) is 11.5 Å². The average Bonchev–Trinajstić information content (AvgIpc) is 3.18. The Labute approximate surface area is 210 Å². The molecule has 4 aromatic rings. The highest BCUT2D eigenvalue weighted by Crippen LogP contribution is 2.42. The Balaban J connectivity index is 1.48. The molecule has 0 fully saturated rings. The summed E-state index contributed by atoms with van der Waals surface area (Å²) in [6.07, 6.45) is 0.306. The Morgan fingerprint density at radius 2 is 1.69 bits per heavy atom. The Kier molecular flexibility index (Phi) is 6.18. The summed E-state index contributed by atoms with van der Waals surface area (Å²) in [6, 6.07) is 16.0. The van der Waals surface area contributed by atoms with Gasteiger partial charge in [-0.1, -0.05) is 35.9 Å². The van der Waals surface area contributed by atoms with E-state index in [9.17, 15) is 4.79 Å². The zero-order valence-electron chi connectivity index (χ0n) is 21.1. The van der Waals surface area contributed by atoms with E-state index in [2.05, 4.69) is 46.5 Å². The van der Waals surface area contributed by atoms with Gasteiger partial charge in [0.1, 0.15) is 12.4 Å². The lowest BCUT2D eigenvalue weighted by Gasteiger charge is -2.25. The van der Waals surface area contributed by atoms with Crippen LogP contribution in [0, 0.1) is 27.7 Å². The van der Waals surface area contributed by atoms with Gasteiger partial charge in [-0.2, -0.15) is 9.78 Å². The van der Waals surface area contributed by atoms with Crippen molar-refractivity contribution in [3.05, 3.63) is 87.9 Å². The van der Waals surface area contributed by atoms with E-state index in [0.29, 0.717) is 36.3 Å². The third-order valence-electron chi connectivity index (χ3n) is 6.37. The molecule has 0 bridgehead atoms. The first-order valence-corrected chi connectivity index (χ1v) is 11.9. The van der Waals surface area contributed by atoms with E-state index in [1.165, 1.54) is 5.56 Å². The molecule has 2 aromatic heterocycles. The number of hydrogen-bond donors (Lipinski definition) is 1. The van der Waals surface area contributed by atoms with Crippen LogP contribution in [-0.4, -0.2) is 32.8 Å². The number of methoxy groups -OCH3 is 1. The highest BCUT2D eigenvalue weighted by atomic mass is 16.5. The largest absolute Gasteiger partial charge is 0.493 e. The number of carbonyl (C=O) groups is 1. The molecule has 184 valence electrons. The highest BCUT2D eigenvalue weighted by molar-refractivity contribution is 5.95. The molecular weight excluding hydrogens is 454 g/mol. The summed E-state index contributed by atoms with van der Waals surface area (Å²) in [7, 11) is 1.62. The molecule has 3 heterocycles. The molecule has 1 aliphatic rings. The second-order valence-electron chi connectivity index (χ2n) is 9.20. The Morgan fingerprint density at radius 1 is 0.972 bits per heavy atom. The van der Waals surface area contributed by atoms with Crippen LogP contribution >= 0.6 is 0 Å². The van der Waals surface area contributed by atoms with Crippen LogP contribution in [0.4, 0.5) is 5.82 Å². The van der Waals surface area contributed by atoms with Gasteiger partial charge in [0, 0.05) is 29.3 Å². The van der Waals surface area contributed by atoms with Crippen LogP contribution in [0.25, 0.3) is 5.95 Å². The van der Waals surface area contributed by atoms with E-state index >= 15 is 0 Å². The molecule has 2 aromatic carbocycles. The third kappa shape index (κ3) is 4.54. The lowest BCUT2D eigenvalue weighted by atomic mass is 9.85. The first-order chi connectivity index (χ1) is 17.3. The molecule has 1 amide bonds. The monoisotopic (exact) mass is 483 g/mol. The normalized spacial score (nSPS) is 14.8. The minimum absolute atomic E-state index is 0.0864. The second-order valence-corrected chi connectivity index (χ2v) is 9.20. The number of ether oxygens (including phenoxy) is 2. The number of fused-ring (bicyclic) bond motifs is 1. The molecule has 1 N–H and O–H groups in total. The third-order valence-corrected chi connectivity index (χ3v) is 6.37. The van der Waals surface area contributed by atoms with E-state index in [1.54, 1.807) is 11.8 Å². The Hall–Kier alpha value is -4.20. The molecule has 0 saturated heterocycles. The molecule has 0 aliphatic carbocycles. The van der Waals surface area contributed by atoms with E-state index in [-0.39, 0.29) is 11.8 Å². The number of anilines is 1. The smallest absolute Gasteiger partial charge is 0.252 e. The van der Waals surface area contributed by atoms with Gasteiger partial charge in [0.2, 0.25) is 5.91 Å². The topological polar surface area (TPSA) is 91.2 Å². The van der Waals surface area contributed by atoms with Crippen LogP contribution in [-0.2, 0) is 11.4 Å². The number of rotatable bonds is 6. The minimum Gasteiger partial charge on any atom is -0.493 e. The molecule has 1 atom stereocenters. The lowest BCUT2D eigenvalue weighted by Crippen LogP contribution is -2.25. The Morgan fingerprint density at radius 3 is 2.39 bits per heavy atom. The number of nitrogens with zero attached hydrogens (tertiary/aromatic N) is 4. The molecule has 5 rings (SSSR count). The zero-order chi connectivity index (χ0) is 25.4. The number of aryl methyl sites for hydroxylation is 4. The molecule has 0 spiro atoms. The van der Waals surface area contributed by atoms with Crippen molar-refractivity contribution in [3.8, 4) is 17.4 Å². The summed E-state index contributed by atoms with van der Waals surface area (Å²) in [5.74, 6) is 2.05. The number of nitrogens with one attached hydrogen (secondary N) is 1. The van der Waals surface area contributed by atoms with Gasteiger partial charge >= 0.3 is 0 Å². The van der Waals surface area contributed by atoms with Crippen LogP contribution in [0.2, 0.25) is 0 Å². The summed E-state index contributed by atoms with van der Waals surface area (Å²) in [6.45, 7) is 8.27. The summed E-state index contributed by atoms with van der Waals surface area (Å²) >= 11 is 0. The Bertz CT molecular complexity index is 1420. The first kappa shape index (κ1) is 23.5. The van der Waals surface area contributed by atoms with E-state index in [1.807, 2.05) is 45.0 Å². The fraction of sp³-hybridized carbons (Fsp3) is 0.286. The highest BCUT2D eigenvalue weighted by Gasteiger charge is 2.33. The van der Waals surface area contributed by atoms with Crippen molar-refractivity contribution in [2.24, 2.45) is 0 Å². The van der Waals surface area contributed by atoms with Crippen molar-refractivity contribution < 1.29 is 14.3 Å². The maximum Gasteiger partial charge on any atom is 0.252 e. The SMILES string of the molecule is COc1cc([C@@H]2CC(=O)Nc3c2c(C)nn3-c2nc(C)cc(C)n2)ccc1OCc1ccc(C)cc1. The van der Waals surface area contributed by atoms with Gasteiger partial charge in [0.05, 0.1) is 12.8 Å². The number of hydrogen-bond acceptors (Lipinski definition) is 6. The molecular formula is C28H29N5O3. The summed E-state index contributed by atoms with van der Waals surface area (Å²) in [5, 5.41) is 7.70. The van der Waals surface area contributed by atoms with Gasteiger partial charge in [-0.05, 0) is 57.0 Å². The molecule has 0 unspecified atom stereocenters. The van der Waals surface area contributed by atoms with Gasteiger partial charge < -0.3 is 14.8 Å². The van der Waals surface area contributed by atoms with E-state index < -0.39 is 0 Å². The average molecular weight is 484 g/mol. The standard InChI is InChI=1S/C28H29N5O3/c1-16-6-8-20(9-7-16)15-36-23-11-10-21(13-24(23)35-5)22-14-25(34)31-27-26(22)19(4)32-33(27)28-29-17(2)12-18(3)30-28/h6-13,22H,14-15H2,1-5H3,(H,31,34)/t22-/m0/s1. The summed E-state index contributed by atoms with van der Waals surface area (Å²) in [5.41, 5.74) is 6.68. The van der Waals surface area contributed by atoms with Crippen molar-refractivity contribution >= 4 is 11.7 Å². The number of benzene rings is 2. The maximum absolute atomic E-state index is 12.8. The molecule has 1 aliphatic heterocycles. The molecule has 8 heteroatoms. The number of amides is 1. The van der Waals surface area contributed by atoms with Gasteiger partial charge in [-0.25, -0.2) is 9.97 Å². The van der Waals surface area contributed by atoms with Crippen molar-refractivity contribution in [1.82, 2.24) is 19.7 Å². The lowest BCUT2D eigenvalue weighted by molar-refractivity contribution is -0.116. The van der Waals surface area contributed by atoms with E-state index in [4.69, 9.17) is 14.6 Å². The van der Waals surface area contributed by atoms with Crippen molar-refractivity contribution in [1.29, 1.82) is 0 Å². The molecule has 8 nitrogen and oxygen atoms in total. The maximum atomic E-state index is 12.8. The zero-order valence-corrected chi connectivity index (χ0v) is 21.1. The van der Waals surface area contributed by atoms with Gasteiger partial charge in [0.25, 0.3) is 5.95 Å². The predicted octanol–water partition coefficient (Wildman–Crippen LogP) is 4.96. The summed E-state index contributed by atoms with van der Waals surface area (Å²) in [4.78, 5) is 21.9. The van der Waals surface area contributed by atoms with Crippen LogP contribution < -0.4 is 14.8 Å². The van der Waals surface area contributed by atoms with Crippen LogP contribution in [0.3, 0.4) is 0 Å². The van der Waals surface area contributed by atoms with Gasteiger partial charge in [-0.15, -0.1) is 0 Å². The molecule has 0 radical (unpaired) electrons.